The molecule has 1 fully saturated rings. The van der Waals surface area contributed by atoms with Crippen molar-refractivity contribution in [3.05, 3.63) is 59.4 Å². The summed E-state index contributed by atoms with van der Waals surface area (Å²) in [6, 6.07) is 3.63. The van der Waals surface area contributed by atoms with E-state index in [0.717, 1.165) is 36.1 Å². The molecule has 0 spiro atoms. The molecule has 3 aromatic heterocycles. The molecule has 1 saturated heterocycles. The van der Waals surface area contributed by atoms with Gasteiger partial charge >= 0.3 is 0 Å². The van der Waals surface area contributed by atoms with Crippen molar-refractivity contribution >= 4 is 22.2 Å². The monoisotopic (exact) mass is 456 g/mol. The van der Waals surface area contributed by atoms with E-state index >= 15 is 0 Å². The van der Waals surface area contributed by atoms with Crippen LogP contribution in [0.1, 0.15) is 53.6 Å². The third-order valence-corrected chi connectivity index (χ3v) is 8.38. The number of fused-ring (bicyclic) bond motifs is 1. The van der Waals surface area contributed by atoms with Gasteiger partial charge in [0.15, 0.2) is 5.69 Å². The van der Waals surface area contributed by atoms with Gasteiger partial charge in [0.05, 0.1) is 17.9 Å². The Balaban J connectivity index is 1.35. The highest BCUT2D eigenvalue weighted by Crippen LogP contribution is 2.56. The van der Waals surface area contributed by atoms with Gasteiger partial charge in [0.1, 0.15) is 0 Å². The molecule has 1 amide bonds. The van der Waals surface area contributed by atoms with Crippen molar-refractivity contribution in [2.75, 3.05) is 16.8 Å². The molecule has 2 aliphatic rings. The maximum absolute atomic E-state index is 12.9. The van der Waals surface area contributed by atoms with Crippen LogP contribution in [0, 0.1) is 11.3 Å². The Morgan fingerprint density at radius 1 is 1.34 bits per heavy atom. The maximum atomic E-state index is 12.9. The quantitative estimate of drug-likeness (QED) is 0.463. The van der Waals surface area contributed by atoms with Crippen LogP contribution in [-0.2, 0) is 12.8 Å². The van der Waals surface area contributed by atoms with Gasteiger partial charge in [-0.05, 0) is 36.3 Å². The van der Waals surface area contributed by atoms with E-state index in [1.54, 1.807) is 29.5 Å². The molecule has 1 aliphatic carbocycles. The van der Waals surface area contributed by atoms with Gasteiger partial charge < -0.3 is 5.32 Å². The maximum Gasteiger partial charge on any atom is 0.276 e. The number of aromatic nitrogens is 5. The average Bonchev–Trinajstić information content (AvgIpc) is 3.33. The Hall–Kier alpha value is -2.69. The first-order valence-electron chi connectivity index (χ1n) is 10.8. The first-order chi connectivity index (χ1) is 15.2. The second kappa shape index (κ2) is 7.72. The van der Waals surface area contributed by atoms with Gasteiger partial charge in [0.25, 0.3) is 5.91 Å². The van der Waals surface area contributed by atoms with Gasteiger partial charge in [0, 0.05) is 47.3 Å². The van der Waals surface area contributed by atoms with Gasteiger partial charge in [-0.2, -0.15) is 20.8 Å². The summed E-state index contributed by atoms with van der Waals surface area (Å²) >= 11 is 0. The molecule has 4 N–H and O–H groups in total. The number of aromatic amines is 1. The van der Waals surface area contributed by atoms with Crippen molar-refractivity contribution in [1.82, 2.24) is 25.0 Å². The summed E-state index contributed by atoms with van der Waals surface area (Å²) < 4.78 is 21.6. The number of amides is 1. The van der Waals surface area contributed by atoms with Crippen molar-refractivity contribution in [2.24, 2.45) is 11.3 Å². The lowest BCUT2D eigenvalue weighted by atomic mass is 9.76. The SMILES string of the molecule is CC1(C)CCc2c(C(=O)Nc3cnn(C(c4cccnc4)C4CS(O)(O)C4)c3)n[nH]c2C1. The first kappa shape index (κ1) is 21.2. The molecular formula is C22H28N6O3S. The van der Waals surface area contributed by atoms with E-state index in [9.17, 15) is 13.9 Å². The fraction of sp³-hybridized carbons (Fsp3) is 0.455. The lowest BCUT2D eigenvalue weighted by Crippen LogP contribution is -2.39. The number of carbonyl (C=O) groups is 1. The number of nitrogens with one attached hydrogen (secondary N) is 2. The largest absolute Gasteiger partial charge is 0.318 e. The molecule has 10 heteroatoms. The number of pyridine rings is 1. The number of rotatable bonds is 5. The predicted octanol–water partition coefficient (Wildman–Crippen LogP) is 3.74. The normalized spacial score (nSPS) is 21.2. The van der Waals surface area contributed by atoms with Crippen molar-refractivity contribution in [3.8, 4) is 0 Å². The van der Waals surface area contributed by atoms with Crippen molar-refractivity contribution < 1.29 is 13.9 Å². The summed E-state index contributed by atoms with van der Waals surface area (Å²) in [5.41, 5.74) is 4.21. The van der Waals surface area contributed by atoms with E-state index in [1.165, 1.54) is 0 Å². The van der Waals surface area contributed by atoms with Crippen LogP contribution in [0.4, 0.5) is 5.69 Å². The summed E-state index contributed by atoms with van der Waals surface area (Å²) in [6.07, 6.45) is 9.60. The minimum Gasteiger partial charge on any atom is -0.318 e. The molecular weight excluding hydrogens is 428 g/mol. The van der Waals surface area contributed by atoms with E-state index in [2.05, 4.69) is 39.4 Å². The van der Waals surface area contributed by atoms with Crippen molar-refractivity contribution in [1.29, 1.82) is 0 Å². The molecule has 32 heavy (non-hydrogen) atoms. The molecule has 0 radical (unpaired) electrons. The Morgan fingerprint density at radius 2 is 2.16 bits per heavy atom. The number of H-pyrrole nitrogens is 1. The highest BCUT2D eigenvalue weighted by Gasteiger charge is 2.41. The molecule has 0 bridgehead atoms. The zero-order valence-corrected chi connectivity index (χ0v) is 19.0. The van der Waals surface area contributed by atoms with Crippen LogP contribution in [0.3, 0.4) is 0 Å². The molecule has 3 aromatic rings. The summed E-state index contributed by atoms with van der Waals surface area (Å²) in [5.74, 6) is 0.458. The van der Waals surface area contributed by atoms with Crippen LogP contribution in [0.5, 0.6) is 0 Å². The number of nitrogens with zero attached hydrogens (tertiary/aromatic N) is 4. The third-order valence-electron chi connectivity index (χ3n) is 6.45. The minimum absolute atomic E-state index is 0.0364. The molecule has 1 aliphatic heterocycles. The summed E-state index contributed by atoms with van der Waals surface area (Å²) in [6.45, 7) is 4.45. The van der Waals surface area contributed by atoms with E-state index in [1.807, 2.05) is 12.1 Å². The smallest absolute Gasteiger partial charge is 0.276 e. The number of carbonyl (C=O) groups excluding carboxylic acids is 1. The Morgan fingerprint density at radius 3 is 2.88 bits per heavy atom. The number of hydrogen-bond acceptors (Lipinski definition) is 6. The van der Waals surface area contributed by atoms with Gasteiger partial charge in [-0.25, -0.2) is 0 Å². The van der Waals surface area contributed by atoms with E-state index in [4.69, 9.17) is 0 Å². The topological polar surface area (TPSA) is 129 Å². The van der Waals surface area contributed by atoms with E-state index in [-0.39, 0.29) is 23.3 Å². The summed E-state index contributed by atoms with van der Waals surface area (Å²) in [5, 5.41) is 14.7. The molecule has 5 rings (SSSR count). The molecule has 170 valence electrons. The molecule has 0 saturated carbocycles. The first-order valence-corrected chi connectivity index (χ1v) is 12.6. The number of hydrogen-bond donors (Lipinski definition) is 4. The molecule has 4 heterocycles. The third kappa shape index (κ3) is 4.05. The predicted molar refractivity (Wildman–Crippen MR) is 123 cm³/mol. The second-order valence-electron chi connectivity index (χ2n) is 9.66. The molecule has 1 unspecified atom stereocenters. The van der Waals surface area contributed by atoms with Gasteiger partial charge in [-0.3, -0.25) is 28.7 Å². The standard InChI is InChI=1S/C22H28N6O3S/c1-22(2)6-5-17-18(8-22)26-27-19(17)21(29)25-16-10-24-28(11-16)20(14-4-3-7-23-9-14)15-12-32(30,31)13-15/h3-4,7,9-11,15,20,30-31H,5-6,8,12-13H2,1-2H3,(H,25,29)(H,26,27). The van der Waals surface area contributed by atoms with Crippen molar-refractivity contribution in [3.63, 3.8) is 0 Å². The van der Waals surface area contributed by atoms with E-state index in [0.29, 0.717) is 22.9 Å². The highest BCUT2D eigenvalue weighted by molar-refractivity contribution is 8.25. The zero-order valence-electron chi connectivity index (χ0n) is 18.2. The van der Waals surface area contributed by atoms with Crippen LogP contribution in [0.25, 0.3) is 0 Å². The Labute approximate surface area is 188 Å². The lowest BCUT2D eigenvalue weighted by Gasteiger charge is -2.49. The van der Waals surface area contributed by atoms with Gasteiger partial charge in [0.2, 0.25) is 0 Å². The lowest BCUT2D eigenvalue weighted by molar-refractivity contribution is 0.102. The van der Waals surface area contributed by atoms with Crippen LogP contribution in [0.2, 0.25) is 0 Å². The van der Waals surface area contributed by atoms with Gasteiger partial charge in [-0.15, -0.1) is 0 Å². The van der Waals surface area contributed by atoms with Crippen LogP contribution in [0.15, 0.2) is 36.9 Å². The van der Waals surface area contributed by atoms with Gasteiger partial charge in [-0.1, -0.05) is 19.9 Å². The van der Waals surface area contributed by atoms with Crippen LogP contribution < -0.4 is 5.32 Å². The Bertz CT molecular complexity index is 1130. The fourth-order valence-corrected chi connectivity index (χ4v) is 6.43. The van der Waals surface area contributed by atoms with Crippen molar-refractivity contribution in [2.45, 2.75) is 39.2 Å². The Kier molecular flexibility index (Phi) is 5.11. The van der Waals surface area contributed by atoms with Crippen LogP contribution in [-0.4, -0.2) is 51.5 Å². The molecule has 0 aromatic carbocycles. The van der Waals surface area contributed by atoms with E-state index < -0.39 is 10.6 Å². The summed E-state index contributed by atoms with van der Waals surface area (Å²) in [7, 11) is -2.49. The second-order valence-corrected chi connectivity index (χ2v) is 11.9. The zero-order chi connectivity index (χ0) is 22.5. The highest BCUT2D eigenvalue weighted by atomic mass is 32.3. The molecule has 9 nitrogen and oxygen atoms in total. The summed E-state index contributed by atoms with van der Waals surface area (Å²) in [4.78, 5) is 17.1. The fourth-order valence-electron chi connectivity index (χ4n) is 4.79. The molecule has 1 atom stereocenters. The minimum atomic E-state index is -2.49. The average molecular weight is 457 g/mol. The van der Waals surface area contributed by atoms with Crippen LogP contribution >= 0.6 is 10.6 Å². The number of anilines is 1.